The molecule has 0 fully saturated rings. The van der Waals surface area contributed by atoms with E-state index in [4.69, 9.17) is 0 Å². The maximum absolute atomic E-state index is 9.40. The molecule has 0 saturated heterocycles. The zero-order valence-corrected chi connectivity index (χ0v) is 14.2. The van der Waals surface area contributed by atoms with Crippen LogP contribution in [0.4, 0.5) is 0 Å². The molecule has 0 saturated carbocycles. The summed E-state index contributed by atoms with van der Waals surface area (Å²) in [4.78, 5) is 4.73. The van der Waals surface area contributed by atoms with Crippen molar-refractivity contribution in [2.45, 2.75) is 52.0 Å². The van der Waals surface area contributed by atoms with Crippen LogP contribution in [0.5, 0.6) is 0 Å². The highest BCUT2D eigenvalue weighted by Gasteiger charge is 2.25. The Labute approximate surface area is 126 Å². The lowest BCUT2D eigenvalue weighted by atomic mass is 9.92. The normalized spacial score (nSPS) is 14.5. The fourth-order valence-electron chi connectivity index (χ4n) is 2.55. The minimum absolute atomic E-state index is 0.322. The van der Waals surface area contributed by atoms with Crippen molar-refractivity contribution >= 4 is 0 Å². The van der Waals surface area contributed by atoms with Crippen LogP contribution in [0.3, 0.4) is 0 Å². The molecule has 1 N–H and O–H groups in total. The van der Waals surface area contributed by atoms with E-state index in [1.807, 2.05) is 0 Å². The van der Waals surface area contributed by atoms with Crippen molar-refractivity contribution in [2.75, 3.05) is 46.8 Å². The van der Waals surface area contributed by atoms with E-state index in [1.54, 1.807) is 0 Å². The Bertz CT molecular complexity index is 272. The third kappa shape index (κ3) is 7.84. The molecule has 1 unspecified atom stereocenters. The van der Waals surface area contributed by atoms with E-state index >= 15 is 0 Å². The molecule has 0 aliphatic heterocycles. The van der Waals surface area contributed by atoms with Crippen LogP contribution in [0.2, 0.25) is 0 Å². The predicted molar refractivity (Wildman–Crippen MR) is 86.8 cm³/mol. The van der Waals surface area contributed by atoms with Crippen LogP contribution in [0.25, 0.3) is 0 Å². The van der Waals surface area contributed by atoms with Gasteiger partial charge in [-0.1, -0.05) is 20.8 Å². The van der Waals surface area contributed by atoms with Gasteiger partial charge in [0.15, 0.2) is 0 Å². The predicted octanol–water partition coefficient (Wildman–Crippen LogP) is 2.32. The number of hydrogen-bond acceptors (Lipinski definition) is 4. The summed E-state index contributed by atoms with van der Waals surface area (Å²) in [6.07, 6.45) is 4.12. The monoisotopic (exact) mass is 282 g/mol. The third-order valence-electron chi connectivity index (χ3n) is 3.94. The van der Waals surface area contributed by atoms with Crippen molar-refractivity contribution in [3.05, 3.63) is 0 Å². The van der Waals surface area contributed by atoms with Gasteiger partial charge in [0.25, 0.3) is 0 Å². The van der Waals surface area contributed by atoms with Gasteiger partial charge in [-0.15, -0.1) is 0 Å². The summed E-state index contributed by atoms with van der Waals surface area (Å²) in [5, 5.41) is 12.8. The van der Waals surface area contributed by atoms with Gasteiger partial charge in [-0.3, -0.25) is 5.32 Å². The van der Waals surface area contributed by atoms with Crippen LogP contribution < -0.4 is 5.32 Å². The van der Waals surface area contributed by atoms with Crippen LogP contribution in [-0.4, -0.2) is 62.2 Å². The fourth-order valence-corrected chi connectivity index (χ4v) is 2.55. The smallest absolute Gasteiger partial charge is 0.106 e. The Morgan fingerprint density at radius 3 is 2.15 bits per heavy atom. The lowest BCUT2D eigenvalue weighted by Crippen LogP contribution is -2.44. The van der Waals surface area contributed by atoms with Gasteiger partial charge in [0.05, 0.1) is 6.07 Å². The molecule has 0 aromatic carbocycles. The summed E-state index contributed by atoms with van der Waals surface area (Å²) < 4.78 is 0. The Morgan fingerprint density at radius 1 is 1.05 bits per heavy atom. The van der Waals surface area contributed by atoms with E-state index in [0.717, 1.165) is 52.0 Å². The molecule has 0 rings (SSSR count). The second kappa shape index (κ2) is 11.1. The van der Waals surface area contributed by atoms with E-state index < -0.39 is 0 Å². The molecule has 20 heavy (non-hydrogen) atoms. The number of rotatable bonds is 12. The van der Waals surface area contributed by atoms with Crippen LogP contribution in [0, 0.1) is 11.3 Å². The number of hydrogen-bond donors (Lipinski definition) is 1. The average molecular weight is 282 g/mol. The van der Waals surface area contributed by atoms with E-state index in [1.165, 1.54) is 6.42 Å². The first kappa shape index (κ1) is 19.4. The molecule has 1 atom stereocenters. The summed E-state index contributed by atoms with van der Waals surface area (Å²) in [6.45, 7) is 11.7. The third-order valence-corrected chi connectivity index (χ3v) is 3.94. The summed E-state index contributed by atoms with van der Waals surface area (Å²) in [5.41, 5.74) is -0.322. The summed E-state index contributed by atoms with van der Waals surface area (Å²) in [6, 6.07) is 2.48. The Kier molecular flexibility index (Phi) is 10.7. The Balaban J connectivity index is 4.07. The van der Waals surface area contributed by atoms with E-state index in [0.29, 0.717) is 0 Å². The topological polar surface area (TPSA) is 42.3 Å². The van der Waals surface area contributed by atoms with E-state index in [-0.39, 0.29) is 5.54 Å². The van der Waals surface area contributed by atoms with Gasteiger partial charge in [0, 0.05) is 0 Å². The lowest BCUT2D eigenvalue weighted by molar-refractivity contribution is 0.249. The molecule has 0 bridgehead atoms. The molecule has 0 heterocycles. The standard InChI is InChI=1S/C16H34N4/c1-6-16(15-17,18-7-2)11-9-13-20(8-3)14-10-12-19(4)5/h18H,6-14H2,1-5H3. The van der Waals surface area contributed by atoms with Gasteiger partial charge in [-0.05, 0) is 72.5 Å². The Hall–Kier alpha value is -0.630. The fraction of sp³-hybridized carbons (Fsp3) is 0.938. The quantitative estimate of drug-likeness (QED) is 0.596. The SMILES string of the molecule is CCNC(C#N)(CC)CCCN(CC)CCCN(C)C. The molecule has 0 aliphatic rings. The highest BCUT2D eigenvalue weighted by atomic mass is 15.1. The molecule has 0 aliphatic carbocycles. The summed E-state index contributed by atoms with van der Waals surface area (Å²) in [7, 11) is 4.24. The van der Waals surface area contributed by atoms with E-state index in [9.17, 15) is 5.26 Å². The van der Waals surface area contributed by atoms with Gasteiger partial charge in [0.1, 0.15) is 5.54 Å². The van der Waals surface area contributed by atoms with Gasteiger partial charge >= 0.3 is 0 Å². The maximum Gasteiger partial charge on any atom is 0.106 e. The van der Waals surface area contributed by atoms with Crippen molar-refractivity contribution in [1.82, 2.24) is 15.1 Å². The molecular weight excluding hydrogens is 248 g/mol. The first-order chi connectivity index (χ1) is 9.53. The Morgan fingerprint density at radius 2 is 1.70 bits per heavy atom. The number of nitrogens with zero attached hydrogens (tertiary/aromatic N) is 3. The zero-order valence-electron chi connectivity index (χ0n) is 14.2. The second-order valence-electron chi connectivity index (χ2n) is 5.77. The lowest BCUT2D eigenvalue weighted by Gasteiger charge is -2.28. The van der Waals surface area contributed by atoms with Crippen molar-refractivity contribution < 1.29 is 0 Å². The first-order valence-corrected chi connectivity index (χ1v) is 8.06. The summed E-state index contributed by atoms with van der Waals surface area (Å²) in [5.74, 6) is 0. The number of nitrogens with one attached hydrogen (secondary N) is 1. The number of nitriles is 1. The van der Waals surface area contributed by atoms with Crippen LogP contribution in [-0.2, 0) is 0 Å². The van der Waals surface area contributed by atoms with Crippen molar-refractivity contribution in [1.29, 1.82) is 5.26 Å². The highest BCUT2D eigenvalue weighted by Crippen LogP contribution is 2.16. The summed E-state index contributed by atoms with van der Waals surface area (Å²) >= 11 is 0. The van der Waals surface area contributed by atoms with E-state index in [2.05, 4.69) is 56.1 Å². The molecule has 0 amide bonds. The van der Waals surface area contributed by atoms with Crippen LogP contribution in [0.15, 0.2) is 0 Å². The van der Waals surface area contributed by atoms with Gasteiger partial charge in [0.2, 0.25) is 0 Å². The van der Waals surface area contributed by atoms with Gasteiger partial charge in [-0.25, -0.2) is 0 Å². The molecule has 0 spiro atoms. The first-order valence-electron chi connectivity index (χ1n) is 8.06. The molecule has 0 aromatic rings. The van der Waals surface area contributed by atoms with Crippen LogP contribution in [0.1, 0.15) is 46.5 Å². The van der Waals surface area contributed by atoms with Crippen molar-refractivity contribution in [3.63, 3.8) is 0 Å². The highest BCUT2D eigenvalue weighted by molar-refractivity contribution is 5.05. The maximum atomic E-state index is 9.40. The molecule has 0 aromatic heterocycles. The minimum Gasteiger partial charge on any atom is -0.309 e. The van der Waals surface area contributed by atoms with Gasteiger partial charge in [-0.2, -0.15) is 5.26 Å². The molecule has 4 nitrogen and oxygen atoms in total. The molecular formula is C16H34N4. The molecule has 4 heteroatoms. The van der Waals surface area contributed by atoms with Gasteiger partial charge < -0.3 is 9.80 Å². The average Bonchev–Trinajstić information content (AvgIpc) is 2.44. The van der Waals surface area contributed by atoms with Crippen molar-refractivity contribution in [2.24, 2.45) is 0 Å². The zero-order chi connectivity index (χ0) is 15.4. The minimum atomic E-state index is -0.322. The second-order valence-corrected chi connectivity index (χ2v) is 5.77. The van der Waals surface area contributed by atoms with Crippen LogP contribution >= 0.6 is 0 Å². The largest absolute Gasteiger partial charge is 0.309 e. The van der Waals surface area contributed by atoms with Crippen molar-refractivity contribution in [3.8, 4) is 6.07 Å². The molecule has 118 valence electrons. The molecule has 0 radical (unpaired) electrons.